The Morgan fingerprint density at radius 2 is 1.00 bits per heavy atom. The summed E-state index contributed by atoms with van der Waals surface area (Å²) in [5.74, 6) is -1.79. The molecule has 0 aromatic heterocycles. The molecule has 4 fully saturated rings. The van der Waals surface area contributed by atoms with Crippen LogP contribution in [0, 0.1) is 0 Å². The first kappa shape index (κ1) is 36.5. The Morgan fingerprint density at radius 1 is 0.533 bits per heavy atom. The van der Waals surface area contributed by atoms with E-state index in [2.05, 4.69) is 0 Å². The Bertz CT molecular complexity index is 975. The molecule has 21 nitrogen and oxygen atoms in total. The van der Waals surface area contributed by atoms with Crippen molar-refractivity contribution in [2.24, 2.45) is 0 Å². The average Bonchev–Trinajstić information content (AvgIpc) is 3.00. The third kappa shape index (κ3) is 7.26. The zero-order chi connectivity index (χ0) is 33.5. The lowest BCUT2D eigenvalue weighted by Crippen LogP contribution is -2.68. The summed E-state index contributed by atoms with van der Waals surface area (Å²) in [6.45, 7) is -0.382. The minimum Gasteiger partial charge on any atom is -0.479 e. The highest BCUT2D eigenvalue weighted by Gasteiger charge is 2.56. The number of hydrogen-bond acceptors (Lipinski definition) is 20. The first-order valence-electron chi connectivity index (χ1n) is 14.0. The van der Waals surface area contributed by atoms with Crippen molar-refractivity contribution in [2.45, 2.75) is 130 Å². The molecule has 1 unspecified atom stereocenters. The van der Waals surface area contributed by atoms with Gasteiger partial charge in [0.25, 0.3) is 0 Å². The molecule has 0 aromatic carbocycles. The maximum Gasteiger partial charge on any atom is 0.335 e. The predicted molar refractivity (Wildman–Crippen MR) is 133 cm³/mol. The summed E-state index contributed by atoms with van der Waals surface area (Å²) in [6.07, 6.45) is -37.3. The van der Waals surface area contributed by atoms with E-state index < -0.39 is 142 Å². The molecule has 0 radical (unpaired) electrons. The molecular weight excluding hydrogens is 624 g/mol. The summed E-state index contributed by atoms with van der Waals surface area (Å²) in [5, 5.41) is 133. The van der Waals surface area contributed by atoms with Gasteiger partial charge in [0.05, 0.1) is 19.3 Å². The second-order valence-electron chi connectivity index (χ2n) is 11.2. The summed E-state index contributed by atoms with van der Waals surface area (Å²) in [5.41, 5.74) is 0. The Hall–Kier alpha value is -1.29. The normalized spacial score (nSPS) is 52.8. The summed E-state index contributed by atoms with van der Waals surface area (Å²) >= 11 is 0. The minimum atomic E-state index is -2.19. The van der Waals surface area contributed by atoms with Gasteiger partial charge in [0.15, 0.2) is 31.3 Å². The molecule has 0 spiro atoms. The lowest BCUT2D eigenvalue weighted by Gasteiger charge is -2.48. The zero-order valence-corrected chi connectivity index (χ0v) is 23.5. The number of ether oxygens (including phenoxy) is 7. The van der Waals surface area contributed by atoms with E-state index in [9.17, 15) is 71.2 Å². The van der Waals surface area contributed by atoms with Gasteiger partial charge in [-0.3, -0.25) is 0 Å². The van der Waals surface area contributed by atoms with Crippen molar-refractivity contribution in [2.75, 3.05) is 13.2 Å². The van der Waals surface area contributed by atoms with Gasteiger partial charge in [-0.2, -0.15) is 0 Å². The van der Waals surface area contributed by atoms with E-state index in [0.717, 1.165) is 0 Å². The molecule has 4 heterocycles. The lowest BCUT2D eigenvalue weighted by atomic mass is 9.96. The van der Waals surface area contributed by atoms with Crippen molar-refractivity contribution in [1.82, 2.24) is 0 Å². The number of carbonyl (C=O) groups is 1. The van der Waals surface area contributed by atoms with Crippen molar-refractivity contribution in [3.8, 4) is 0 Å². The summed E-state index contributed by atoms with van der Waals surface area (Å²) in [4.78, 5) is 12.1. The summed E-state index contributed by atoms with van der Waals surface area (Å²) in [7, 11) is 0. The number of aliphatic hydroxyl groups excluding tert-OH is 12. The van der Waals surface area contributed by atoms with Gasteiger partial charge in [0.1, 0.15) is 85.5 Å². The largest absolute Gasteiger partial charge is 0.479 e. The smallest absolute Gasteiger partial charge is 0.335 e. The Balaban J connectivity index is 1.54. The fourth-order valence-corrected chi connectivity index (χ4v) is 5.42. The van der Waals surface area contributed by atoms with Crippen LogP contribution in [0.5, 0.6) is 0 Å². The van der Waals surface area contributed by atoms with E-state index >= 15 is 0 Å². The van der Waals surface area contributed by atoms with Crippen LogP contribution in [-0.4, -0.2) is 208 Å². The van der Waals surface area contributed by atoms with E-state index in [1.54, 1.807) is 0 Å². The molecule has 4 saturated heterocycles. The van der Waals surface area contributed by atoms with Gasteiger partial charge in [-0.05, 0) is 6.92 Å². The van der Waals surface area contributed by atoms with Gasteiger partial charge in [0.2, 0.25) is 0 Å². The third-order valence-corrected chi connectivity index (χ3v) is 8.14. The van der Waals surface area contributed by atoms with Crippen LogP contribution in [0.15, 0.2) is 0 Å². The van der Waals surface area contributed by atoms with Crippen LogP contribution in [0.3, 0.4) is 0 Å². The fraction of sp³-hybridized carbons (Fsp3) is 0.958. The monoisotopic (exact) mass is 664 g/mol. The highest BCUT2D eigenvalue weighted by Crippen LogP contribution is 2.34. The first-order chi connectivity index (χ1) is 21.1. The Labute approximate surface area is 253 Å². The van der Waals surface area contributed by atoms with E-state index in [1.165, 1.54) is 6.92 Å². The number of aliphatic hydroxyl groups is 12. The van der Waals surface area contributed by atoms with E-state index in [0.29, 0.717) is 0 Å². The standard InChI is InChI=1S/C24H40O21/c1-4-7(27)10(30)14(34)22(39-4)42-16-13(33)15(35)23(45-19(16)20(36)37)44-18-12(32)9(29)6(3-26)41-24(18)43-17-11(31)8(28)5(2-25)40-21(17)38/h4-19,21-35,38H,2-3H2,1H3,(H,36,37)/t4-,5-,6-,7-,8-,9-,10+,11+,12+,13-,14+,15-,16+,17+,18+,19+,21?,22-,23+,24-/m1/s1. The molecule has 0 saturated carbocycles. The van der Waals surface area contributed by atoms with Crippen molar-refractivity contribution in [1.29, 1.82) is 0 Å². The van der Waals surface area contributed by atoms with E-state index in [4.69, 9.17) is 33.2 Å². The molecule has 4 aliphatic heterocycles. The van der Waals surface area contributed by atoms with Gasteiger partial charge in [-0.25, -0.2) is 4.79 Å². The molecule has 4 rings (SSSR count). The van der Waals surface area contributed by atoms with Crippen molar-refractivity contribution in [3.05, 3.63) is 0 Å². The predicted octanol–water partition coefficient (Wildman–Crippen LogP) is -8.63. The SMILES string of the molecule is C[C@H]1O[C@H](O[C@H]2[C@H](O)[C@@H](O)[C@@H](O[C@@H]3[C@@H](O[C@@H]4C(O)O[C@H](CO)[C@@H](O)[C@@H]4O)O[C@H](CO)[C@@H](O)[C@@H]3O)O[C@@H]2C(=O)O)[C@@H](O)[C@@H](O)[C@@H]1O. The van der Waals surface area contributed by atoms with Crippen LogP contribution in [0.1, 0.15) is 6.92 Å². The highest BCUT2D eigenvalue weighted by molar-refractivity contribution is 5.73. The molecular formula is C24H40O21. The van der Waals surface area contributed by atoms with Crippen molar-refractivity contribution in [3.63, 3.8) is 0 Å². The summed E-state index contributed by atoms with van der Waals surface area (Å²) < 4.78 is 37.4. The molecule has 20 atom stereocenters. The molecule has 21 heteroatoms. The van der Waals surface area contributed by atoms with Crippen LogP contribution in [0.25, 0.3) is 0 Å². The van der Waals surface area contributed by atoms with Crippen LogP contribution in [-0.2, 0) is 38.0 Å². The zero-order valence-electron chi connectivity index (χ0n) is 23.5. The maximum atomic E-state index is 12.1. The van der Waals surface area contributed by atoms with Crippen molar-refractivity contribution >= 4 is 5.97 Å². The topological polar surface area (TPSA) is 345 Å². The highest BCUT2D eigenvalue weighted by atomic mass is 16.8. The number of carboxylic acid groups (broad SMARTS) is 1. The maximum absolute atomic E-state index is 12.1. The van der Waals surface area contributed by atoms with Crippen LogP contribution in [0.4, 0.5) is 0 Å². The molecule has 0 aromatic rings. The second kappa shape index (κ2) is 14.9. The quantitative estimate of drug-likeness (QED) is 0.109. The van der Waals surface area contributed by atoms with Crippen LogP contribution >= 0.6 is 0 Å². The number of aliphatic carboxylic acids is 1. The number of carboxylic acids is 1. The first-order valence-corrected chi connectivity index (χ1v) is 14.0. The van der Waals surface area contributed by atoms with Crippen molar-refractivity contribution < 1.29 is 104 Å². The average molecular weight is 665 g/mol. The van der Waals surface area contributed by atoms with Gasteiger partial charge in [-0.15, -0.1) is 0 Å². The Kier molecular flexibility index (Phi) is 12.1. The van der Waals surface area contributed by atoms with E-state index in [1.807, 2.05) is 0 Å². The van der Waals surface area contributed by atoms with Gasteiger partial charge < -0.3 is 99.5 Å². The van der Waals surface area contributed by atoms with Crippen LogP contribution < -0.4 is 0 Å². The number of hydrogen-bond donors (Lipinski definition) is 13. The lowest BCUT2D eigenvalue weighted by molar-refractivity contribution is -0.395. The fourth-order valence-electron chi connectivity index (χ4n) is 5.42. The molecule has 0 bridgehead atoms. The molecule has 0 aliphatic carbocycles. The molecule has 45 heavy (non-hydrogen) atoms. The van der Waals surface area contributed by atoms with E-state index in [-0.39, 0.29) is 0 Å². The molecule has 13 N–H and O–H groups in total. The minimum absolute atomic E-state index is 0.798. The van der Waals surface area contributed by atoms with Gasteiger partial charge in [-0.1, -0.05) is 0 Å². The third-order valence-electron chi connectivity index (χ3n) is 8.14. The molecule has 0 amide bonds. The summed E-state index contributed by atoms with van der Waals surface area (Å²) in [6, 6.07) is 0. The van der Waals surface area contributed by atoms with Crippen LogP contribution in [0.2, 0.25) is 0 Å². The molecule has 4 aliphatic rings. The second-order valence-corrected chi connectivity index (χ2v) is 11.2. The Morgan fingerprint density at radius 3 is 1.58 bits per heavy atom. The van der Waals surface area contributed by atoms with Gasteiger partial charge >= 0.3 is 5.97 Å². The molecule has 262 valence electrons. The number of rotatable bonds is 9. The van der Waals surface area contributed by atoms with Gasteiger partial charge in [0, 0.05) is 0 Å².